The van der Waals surface area contributed by atoms with Crippen molar-refractivity contribution in [1.29, 1.82) is 0 Å². The van der Waals surface area contributed by atoms with Crippen LogP contribution in [0.15, 0.2) is 6.20 Å². The van der Waals surface area contributed by atoms with Gasteiger partial charge in [0.2, 0.25) is 5.91 Å². The van der Waals surface area contributed by atoms with Gasteiger partial charge in [-0.15, -0.1) is 5.10 Å². The molecule has 1 aliphatic heterocycles. The Hall–Kier alpha value is -2.54. The van der Waals surface area contributed by atoms with Crippen molar-refractivity contribution in [3.8, 4) is 0 Å². The highest BCUT2D eigenvalue weighted by Gasteiger charge is 2.51. The van der Waals surface area contributed by atoms with Crippen LogP contribution in [-0.2, 0) is 43.5 Å². The van der Waals surface area contributed by atoms with E-state index in [9.17, 15) is 19.2 Å². The molecule has 0 unspecified atom stereocenters. The van der Waals surface area contributed by atoms with Crippen LogP contribution in [0.25, 0.3) is 0 Å². The highest BCUT2D eigenvalue weighted by molar-refractivity contribution is 9.08. The minimum Gasteiger partial charge on any atom is -0.463 e. The second kappa shape index (κ2) is 10.5. The summed E-state index contributed by atoms with van der Waals surface area (Å²) in [6.45, 7) is 4.56. The fraction of sp³-hybridized carbons (Fsp3) is 0.647. The normalized spacial score (nSPS) is 25.8. The Kier molecular flexibility index (Phi) is 8.29. The first kappa shape index (κ1) is 23.7. The lowest BCUT2D eigenvalue weighted by Gasteiger charge is -2.45. The van der Waals surface area contributed by atoms with Gasteiger partial charge in [-0.2, -0.15) is 0 Å². The SMILES string of the molecule is CC(=O)N[C@@H]1[C@@H](OC(C)=O)[C@H](OC(C)=O)[C@@H](COC(C)=O)O[C@H]1n1cc(CBr)nn1. The highest BCUT2D eigenvalue weighted by Crippen LogP contribution is 2.32. The van der Waals surface area contributed by atoms with Gasteiger partial charge in [0.05, 0.1) is 11.9 Å². The van der Waals surface area contributed by atoms with Crippen molar-refractivity contribution in [2.75, 3.05) is 6.61 Å². The Morgan fingerprint density at radius 2 is 1.73 bits per heavy atom. The molecular formula is C17H23BrN4O8. The average Bonchev–Trinajstić information content (AvgIpc) is 3.11. The lowest BCUT2D eigenvalue weighted by atomic mass is 9.95. The quantitative estimate of drug-likeness (QED) is 0.314. The average molecular weight is 491 g/mol. The van der Waals surface area contributed by atoms with Gasteiger partial charge < -0.3 is 24.3 Å². The molecule has 2 rings (SSSR count). The summed E-state index contributed by atoms with van der Waals surface area (Å²) in [5.41, 5.74) is 0.586. The van der Waals surface area contributed by atoms with E-state index in [2.05, 4.69) is 31.6 Å². The molecule has 1 fully saturated rings. The fourth-order valence-corrected chi connectivity index (χ4v) is 3.29. The summed E-state index contributed by atoms with van der Waals surface area (Å²) in [7, 11) is 0. The monoisotopic (exact) mass is 490 g/mol. The maximum atomic E-state index is 11.9. The third kappa shape index (κ3) is 6.23. The number of aromatic nitrogens is 3. The zero-order valence-corrected chi connectivity index (χ0v) is 18.4. The topological polar surface area (TPSA) is 148 Å². The summed E-state index contributed by atoms with van der Waals surface area (Å²) in [4.78, 5) is 46.7. The van der Waals surface area contributed by atoms with E-state index in [0.29, 0.717) is 11.0 Å². The van der Waals surface area contributed by atoms with E-state index >= 15 is 0 Å². The molecule has 1 aromatic rings. The van der Waals surface area contributed by atoms with Gasteiger partial charge in [0, 0.05) is 33.0 Å². The molecule has 1 amide bonds. The summed E-state index contributed by atoms with van der Waals surface area (Å²) < 4.78 is 23.1. The number of carbonyl (C=O) groups is 4. The van der Waals surface area contributed by atoms with Gasteiger partial charge in [0.15, 0.2) is 18.4 Å². The van der Waals surface area contributed by atoms with Crippen molar-refractivity contribution in [1.82, 2.24) is 20.3 Å². The lowest BCUT2D eigenvalue weighted by molar-refractivity contribution is -0.239. The van der Waals surface area contributed by atoms with Gasteiger partial charge in [-0.05, 0) is 0 Å². The molecular weight excluding hydrogens is 468 g/mol. The third-order valence-electron chi connectivity index (χ3n) is 4.05. The number of halogens is 1. The first-order valence-electron chi connectivity index (χ1n) is 8.99. The van der Waals surface area contributed by atoms with Gasteiger partial charge in [0.25, 0.3) is 0 Å². The van der Waals surface area contributed by atoms with Gasteiger partial charge >= 0.3 is 17.9 Å². The van der Waals surface area contributed by atoms with Crippen molar-refractivity contribution in [3.63, 3.8) is 0 Å². The predicted molar refractivity (Wildman–Crippen MR) is 102 cm³/mol. The molecule has 1 N–H and O–H groups in total. The smallest absolute Gasteiger partial charge is 0.303 e. The Balaban J connectivity index is 2.50. The molecule has 0 bridgehead atoms. The van der Waals surface area contributed by atoms with E-state index < -0.39 is 54.4 Å². The van der Waals surface area contributed by atoms with Crippen molar-refractivity contribution in [2.45, 2.75) is 63.6 Å². The molecule has 30 heavy (non-hydrogen) atoms. The number of amides is 1. The van der Waals surface area contributed by atoms with E-state index in [1.807, 2.05) is 0 Å². The molecule has 0 spiro atoms. The summed E-state index contributed by atoms with van der Waals surface area (Å²) in [6, 6.07) is -0.978. The van der Waals surface area contributed by atoms with Crippen molar-refractivity contribution in [3.05, 3.63) is 11.9 Å². The highest BCUT2D eigenvalue weighted by atomic mass is 79.9. The second-order valence-corrected chi connectivity index (χ2v) is 7.13. The summed E-state index contributed by atoms with van der Waals surface area (Å²) in [5.74, 6) is -2.35. The Morgan fingerprint density at radius 1 is 1.10 bits per heavy atom. The molecule has 0 aromatic carbocycles. The number of ether oxygens (including phenoxy) is 4. The van der Waals surface area contributed by atoms with E-state index in [4.69, 9.17) is 18.9 Å². The first-order chi connectivity index (χ1) is 14.1. The summed E-state index contributed by atoms with van der Waals surface area (Å²) in [5, 5.41) is 11.1. The molecule has 1 aliphatic rings. The molecule has 0 saturated carbocycles. The van der Waals surface area contributed by atoms with Gasteiger partial charge in [-0.1, -0.05) is 21.1 Å². The number of hydrogen-bond acceptors (Lipinski definition) is 10. The molecule has 1 aromatic heterocycles. The number of nitrogens with zero attached hydrogens (tertiary/aromatic N) is 3. The van der Waals surface area contributed by atoms with E-state index in [1.54, 1.807) is 6.20 Å². The van der Waals surface area contributed by atoms with Crippen LogP contribution in [0.1, 0.15) is 39.6 Å². The maximum Gasteiger partial charge on any atom is 0.303 e. The summed E-state index contributed by atoms with van der Waals surface area (Å²) >= 11 is 3.27. The van der Waals surface area contributed by atoms with Gasteiger partial charge in [-0.3, -0.25) is 19.2 Å². The number of esters is 3. The lowest BCUT2D eigenvalue weighted by Crippen LogP contribution is -2.64. The van der Waals surface area contributed by atoms with Crippen molar-refractivity contribution < 1.29 is 38.1 Å². The Morgan fingerprint density at radius 3 is 2.23 bits per heavy atom. The van der Waals surface area contributed by atoms with E-state index in [-0.39, 0.29) is 6.61 Å². The van der Waals surface area contributed by atoms with E-state index in [1.165, 1.54) is 32.4 Å². The van der Waals surface area contributed by atoms with Crippen molar-refractivity contribution >= 4 is 39.7 Å². The van der Waals surface area contributed by atoms with Crippen LogP contribution in [0.5, 0.6) is 0 Å². The van der Waals surface area contributed by atoms with Crippen LogP contribution in [0.2, 0.25) is 0 Å². The predicted octanol–water partition coefficient (Wildman–Crippen LogP) is 0.00160. The van der Waals surface area contributed by atoms with Crippen molar-refractivity contribution in [2.24, 2.45) is 0 Å². The molecule has 166 valence electrons. The molecule has 2 heterocycles. The van der Waals surface area contributed by atoms with Crippen LogP contribution >= 0.6 is 15.9 Å². The molecule has 1 saturated heterocycles. The molecule has 0 radical (unpaired) electrons. The standard InChI is InChI=1S/C17H23BrN4O8/c1-8(23)19-14-16(29-11(4)26)15(28-10(3)25)13(7-27-9(2)24)30-17(14)22-6-12(5-18)20-21-22/h6,13-17H,5,7H2,1-4H3,(H,19,23)/t13-,14-,15-,16-,17-/m1/s1. The van der Waals surface area contributed by atoms with Crippen LogP contribution in [0.3, 0.4) is 0 Å². The van der Waals surface area contributed by atoms with Gasteiger partial charge in [0.1, 0.15) is 18.8 Å². The molecule has 13 heteroatoms. The van der Waals surface area contributed by atoms with Crippen LogP contribution < -0.4 is 5.32 Å². The Bertz CT molecular complexity index is 800. The minimum absolute atomic E-state index is 0.283. The number of rotatable bonds is 7. The number of hydrogen-bond donors (Lipinski definition) is 1. The van der Waals surface area contributed by atoms with Crippen LogP contribution in [-0.4, -0.2) is 69.8 Å². The maximum absolute atomic E-state index is 11.9. The largest absolute Gasteiger partial charge is 0.463 e. The van der Waals surface area contributed by atoms with Crippen LogP contribution in [0, 0.1) is 0 Å². The Labute approximate surface area is 180 Å². The zero-order chi connectivity index (χ0) is 22.4. The number of carbonyl (C=O) groups excluding carboxylic acids is 4. The zero-order valence-electron chi connectivity index (χ0n) is 16.9. The molecule has 0 aliphatic carbocycles. The van der Waals surface area contributed by atoms with Gasteiger partial charge in [-0.25, -0.2) is 4.68 Å². The molecule has 5 atom stereocenters. The number of alkyl halides is 1. The second-order valence-electron chi connectivity index (χ2n) is 6.57. The third-order valence-corrected chi connectivity index (χ3v) is 4.62. The first-order valence-corrected chi connectivity index (χ1v) is 10.1. The van der Waals surface area contributed by atoms with Crippen LogP contribution in [0.4, 0.5) is 0 Å². The minimum atomic E-state index is -1.15. The fourth-order valence-electron chi connectivity index (χ4n) is 3.03. The molecule has 12 nitrogen and oxygen atoms in total. The van der Waals surface area contributed by atoms with E-state index in [0.717, 1.165) is 0 Å². The summed E-state index contributed by atoms with van der Waals surface area (Å²) in [6.07, 6.45) is -2.72. The number of nitrogens with one attached hydrogen (secondary N) is 1.